The number of halogens is 2. The molecule has 2 aromatic rings. The number of hydrogen-bond donors (Lipinski definition) is 0. The molecular formula is C17H12Cl2O3. The van der Waals surface area contributed by atoms with Crippen LogP contribution < -0.4 is 4.74 Å². The van der Waals surface area contributed by atoms with Gasteiger partial charge in [-0.05, 0) is 30.7 Å². The van der Waals surface area contributed by atoms with Crippen LogP contribution in [-0.4, -0.2) is 16.1 Å². The molecule has 1 saturated carbocycles. The largest absolute Gasteiger partial charge is 0.426 e. The van der Waals surface area contributed by atoms with Crippen molar-refractivity contribution in [1.82, 2.24) is 0 Å². The molecule has 3 nitrogen and oxygen atoms in total. The van der Waals surface area contributed by atoms with E-state index in [0.717, 1.165) is 0 Å². The van der Waals surface area contributed by atoms with Gasteiger partial charge in [-0.1, -0.05) is 30.3 Å². The van der Waals surface area contributed by atoms with Gasteiger partial charge in [-0.3, -0.25) is 9.59 Å². The Morgan fingerprint density at radius 1 is 0.955 bits per heavy atom. The van der Waals surface area contributed by atoms with Crippen molar-refractivity contribution < 1.29 is 14.3 Å². The van der Waals surface area contributed by atoms with Gasteiger partial charge in [0, 0.05) is 11.1 Å². The highest BCUT2D eigenvalue weighted by Crippen LogP contribution is 2.53. The third-order valence-electron chi connectivity index (χ3n) is 3.48. The number of carbonyl (C=O) groups excluding carboxylic acids is 2. The number of benzene rings is 2. The minimum absolute atomic E-state index is 0.0822. The van der Waals surface area contributed by atoms with E-state index in [1.807, 2.05) is 18.2 Å². The molecule has 0 unspecified atom stereocenters. The van der Waals surface area contributed by atoms with Crippen molar-refractivity contribution in [3.63, 3.8) is 0 Å². The van der Waals surface area contributed by atoms with Crippen LogP contribution in [0.15, 0.2) is 54.6 Å². The lowest BCUT2D eigenvalue weighted by Gasteiger charge is -2.05. The fraction of sp³-hybridized carbons (Fsp3) is 0.176. The van der Waals surface area contributed by atoms with Gasteiger partial charge in [0.25, 0.3) is 0 Å². The standard InChI is InChI=1S/C17H12Cl2O3/c18-17(19)10-14(17)16(21)22-13-8-6-12(7-9-13)15(20)11-4-2-1-3-5-11/h1-9,14H,10H2/t14-/m1/s1. The fourth-order valence-corrected chi connectivity index (χ4v) is 2.57. The first-order chi connectivity index (χ1) is 10.5. The van der Waals surface area contributed by atoms with Crippen molar-refractivity contribution in [2.75, 3.05) is 0 Å². The van der Waals surface area contributed by atoms with Crippen LogP contribution in [-0.2, 0) is 4.79 Å². The van der Waals surface area contributed by atoms with Crippen molar-refractivity contribution >= 4 is 35.0 Å². The van der Waals surface area contributed by atoms with Crippen LogP contribution in [0.25, 0.3) is 0 Å². The van der Waals surface area contributed by atoms with Crippen molar-refractivity contribution in [1.29, 1.82) is 0 Å². The zero-order valence-corrected chi connectivity index (χ0v) is 13.0. The summed E-state index contributed by atoms with van der Waals surface area (Å²) in [6, 6.07) is 15.4. The molecule has 0 aromatic heterocycles. The van der Waals surface area contributed by atoms with Gasteiger partial charge < -0.3 is 4.74 Å². The van der Waals surface area contributed by atoms with Crippen molar-refractivity contribution in [2.24, 2.45) is 5.92 Å². The summed E-state index contributed by atoms with van der Waals surface area (Å²) in [4.78, 5) is 24.0. The molecule has 0 heterocycles. The van der Waals surface area contributed by atoms with Crippen LogP contribution in [0.1, 0.15) is 22.3 Å². The van der Waals surface area contributed by atoms with E-state index in [1.165, 1.54) is 0 Å². The molecule has 0 N–H and O–H groups in total. The number of carbonyl (C=O) groups is 2. The highest BCUT2D eigenvalue weighted by molar-refractivity contribution is 6.52. The van der Waals surface area contributed by atoms with E-state index in [9.17, 15) is 9.59 Å². The average Bonchev–Trinajstić information content (AvgIpc) is 3.17. The molecule has 112 valence electrons. The third-order valence-corrected chi connectivity index (χ3v) is 4.32. The van der Waals surface area contributed by atoms with Gasteiger partial charge in [-0.2, -0.15) is 0 Å². The van der Waals surface area contributed by atoms with Crippen LogP contribution in [0.2, 0.25) is 0 Å². The summed E-state index contributed by atoms with van der Waals surface area (Å²) in [5.41, 5.74) is 1.14. The third kappa shape index (κ3) is 3.16. The van der Waals surface area contributed by atoms with Gasteiger partial charge in [0.1, 0.15) is 10.1 Å². The number of hydrogen-bond acceptors (Lipinski definition) is 3. The predicted octanol–water partition coefficient (Wildman–Crippen LogP) is 4.02. The topological polar surface area (TPSA) is 43.4 Å². The molecule has 0 saturated heterocycles. The molecule has 1 aliphatic carbocycles. The zero-order valence-electron chi connectivity index (χ0n) is 11.5. The lowest BCUT2D eigenvalue weighted by Crippen LogP contribution is -2.14. The maximum Gasteiger partial charge on any atom is 0.317 e. The average molecular weight is 335 g/mol. The summed E-state index contributed by atoms with van der Waals surface area (Å²) in [6.45, 7) is 0. The van der Waals surface area contributed by atoms with Crippen LogP contribution in [0, 0.1) is 5.92 Å². The minimum Gasteiger partial charge on any atom is -0.426 e. The molecule has 22 heavy (non-hydrogen) atoms. The van der Waals surface area contributed by atoms with Crippen molar-refractivity contribution in [3.05, 3.63) is 65.7 Å². The molecule has 5 heteroatoms. The molecule has 1 atom stereocenters. The van der Waals surface area contributed by atoms with Gasteiger partial charge in [-0.25, -0.2) is 0 Å². The first kappa shape index (κ1) is 15.1. The Bertz CT molecular complexity index is 708. The van der Waals surface area contributed by atoms with Gasteiger partial charge in [-0.15, -0.1) is 23.2 Å². The molecule has 3 rings (SSSR count). The van der Waals surface area contributed by atoms with Crippen LogP contribution >= 0.6 is 23.2 Å². The Labute approximate surface area is 137 Å². The second-order valence-electron chi connectivity index (χ2n) is 5.16. The summed E-state index contributed by atoms with van der Waals surface area (Å²) in [5.74, 6) is -0.652. The van der Waals surface area contributed by atoms with Gasteiger partial charge in [0.15, 0.2) is 5.78 Å². The van der Waals surface area contributed by atoms with Crippen LogP contribution in [0.4, 0.5) is 0 Å². The summed E-state index contributed by atoms with van der Waals surface area (Å²) < 4.78 is 4.20. The highest BCUT2D eigenvalue weighted by atomic mass is 35.5. The molecule has 0 aliphatic heterocycles. The molecule has 0 bridgehead atoms. The molecule has 0 radical (unpaired) electrons. The van der Waals surface area contributed by atoms with Crippen LogP contribution in [0.5, 0.6) is 5.75 Å². The SMILES string of the molecule is O=C(c1ccccc1)c1ccc(OC(=O)[C@H]2CC2(Cl)Cl)cc1. The first-order valence-electron chi connectivity index (χ1n) is 6.77. The van der Waals surface area contributed by atoms with E-state index < -0.39 is 16.2 Å². The Balaban J connectivity index is 1.68. The summed E-state index contributed by atoms with van der Waals surface area (Å²) >= 11 is 11.6. The van der Waals surface area contributed by atoms with Crippen molar-refractivity contribution in [3.8, 4) is 5.75 Å². The molecule has 1 fully saturated rings. The predicted molar refractivity (Wildman–Crippen MR) is 84.5 cm³/mol. The quantitative estimate of drug-likeness (QED) is 0.367. The molecular weight excluding hydrogens is 323 g/mol. The maximum absolute atomic E-state index is 12.2. The molecule has 0 spiro atoms. The first-order valence-corrected chi connectivity index (χ1v) is 7.52. The maximum atomic E-state index is 12.2. The van der Waals surface area contributed by atoms with E-state index in [-0.39, 0.29) is 5.78 Å². The second kappa shape index (κ2) is 5.75. The molecule has 2 aromatic carbocycles. The Hall–Kier alpha value is -1.84. The fourth-order valence-electron chi connectivity index (χ4n) is 2.09. The number of rotatable bonds is 4. The van der Waals surface area contributed by atoms with Gasteiger partial charge in [0.05, 0.1) is 5.92 Å². The number of esters is 1. The zero-order chi connectivity index (χ0) is 15.7. The van der Waals surface area contributed by atoms with E-state index in [0.29, 0.717) is 23.3 Å². The van der Waals surface area contributed by atoms with Crippen molar-refractivity contribution in [2.45, 2.75) is 10.8 Å². The monoisotopic (exact) mass is 334 g/mol. The number of alkyl halides is 2. The number of ketones is 1. The van der Waals surface area contributed by atoms with E-state index in [1.54, 1.807) is 36.4 Å². The van der Waals surface area contributed by atoms with E-state index in [2.05, 4.69) is 0 Å². The van der Waals surface area contributed by atoms with E-state index in [4.69, 9.17) is 27.9 Å². The minimum atomic E-state index is -1.000. The molecule has 1 aliphatic rings. The van der Waals surface area contributed by atoms with Gasteiger partial charge >= 0.3 is 5.97 Å². The normalized spacial score (nSPS) is 18.5. The van der Waals surface area contributed by atoms with E-state index >= 15 is 0 Å². The lowest BCUT2D eigenvalue weighted by molar-refractivity contribution is -0.135. The summed E-state index contributed by atoms with van der Waals surface area (Å²) in [5, 5.41) is 0. The lowest BCUT2D eigenvalue weighted by atomic mass is 10.0. The number of ether oxygens (including phenoxy) is 1. The summed E-state index contributed by atoms with van der Waals surface area (Å²) in [6.07, 6.45) is 0.402. The van der Waals surface area contributed by atoms with Gasteiger partial charge in [0.2, 0.25) is 0 Å². The Kier molecular flexibility index (Phi) is 3.94. The highest BCUT2D eigenvalue weighted by Gasteiger charge is 2.57. The Morgan fingerprint density at radius 2 is 1.50 bits per heavy atom. The smallest absolute Gasteiger partial charge is 0.317 e. The Morgan fingerprint density at radius 3 is 2.05 bits per heavy atom. The summed E-state index contributed by atoms with van der Waals surface area (Å²) in [7, 11) is 0. The van der Waals surface area contributed by atoms with Crippen LogP contribution in [0.3, 0.4) is 0 Å². The molecule has 0 amide bonds. The second-order valence-corrected chi connectivity index (χ2v) is 6.70.